The second-order valence-electron chi connectivity index (χ2n) is 8.53. The number of halogens is 1. The Hall–Kier alpha value is -1.82. The number of hydrogen-bond acceptors (Lipinski definition) is 7. The number of thioether (sulfide) groups is 1. The van der Waals surface area contributed by atoms with Crippen molar-refractivity contribution in [1.82, 2.24) is 9.21 Å². The topological polar surface area (TPSA) is 113 Å². The normalized spacial score (nSPS) is 25.7. The first-order chi connectivity index (χ1) is 15.6. The standard InChI is InChI=1S/C21H26ClN3O6S2/c1-21-8-7-19(27)25(21)17(13-32-21)20(28)31-12-18(26)23-16-11-14(5-6-15(16)22)33(29,30)24-9-3-2-4-10-24/h5-6,11,17H,2-4,7-10,12-13H2,1H3,(H,23,26)/t17-,21-/m1/s1. The lowest BCUT2D eigenvalue weighted by Gasteiger charge is -2.29. The number of anilines is 1. The molecule has 180 valence electrons. The summed E-state index contributed by atoms with van der Waals surface area (Å²) < 4.78 is 32.4. The molecule has 12 heteroatoms. The molecule has 0 unspecified atom stereocenters. The van der Waals surface area contributed by atoms with Crippen LogP contribution in [-0.2, 0) is 29.1 Å². The molecular weight excluding hydrogens is 490 g/mol. The summed E-state index contributed by atoms with van der Waals surface area (Å²) in [6, 6.07) is 3.41. The molecule has 0 bridgehead atoms. The first-order valence-corrected chi connectivity index (χ1v) is 13.6. The van der Waals surface area contributed by atoms with Crippen molar-refractivity contribution in [3.8, 4) is 0 Å². The lowest BCUT2D eigenvalue weighted by Crippen LogP contribution is -2.47. The minimum atomic E-state index is -3.70. The lowest BCUT2D eigenvalue weighted by molar-refractivity contribution is -0.155. The summed E-state index contributed by atoms with van der Waals surface area (Å²) in [5.74, 6) is -0.958. The summed E-state index contributed by atoms with van der Waals surface area (Å²) in [4.78, 5) is 38.3. The van der Waals surface area contributed by atoms with Crippen LogP contribution in [0.3, 0.4) is 0 Å². The minimum absolute atomic E-state index is 0.0379. The number of nitrogens with one attached hydrogen (secondary N) is 1. The maximum Gasteiger partial charge on any atom is 0.330 e. The molecule has 4 rings (SSSR count). The molecule has 2 amide bonds. The largest absolute Gasteiger partial charge is 0.454 e. The zero-order chi connectivity index (χ0) is 23.8. The van der Waals surface area contributed by atoms with Crippen molar-refractivity contribution in [3.63, 3.8) is 0 Å². The molecule has 3 saturated heterocycles. The van der Waals surface area contributed by atoms with Gasteiger partial charge in [-0.2, -0.15) is 4.31 Å². The van der Waals surface area contributed by atoms with E-state index in [2.05, 4.69) is 5.32 Å². The third-order valence-electron chi connectivity index (χ3n) is 6.23. The van der Waals surface area contributed by atoms with Gasteiger partial charge in [0.15, 0.2) is 6.61 Å². The number of ether oxygens (including phenoxy) is 1. The van der Waals surface area contributed by atoms with Gasteiger partial charge in [0.1, 0.15) is 6.04 Å². The van der Waals surface area contributed by atoms with Crippen molar-refractivity contribution in [1.29, 1.82) is 0 Å². The molecule has 1 aromatic rings. The molecule has 1 N–H and O–H groups in total. The molecule has 3 fully saturated rings. The molecule has 0 saturated carbocycles. The van der Waals surface area contributed by atoms with Crippen LogP contribution < -0.4 is 5.32 Å². The predicted octanol–water partition coefficient (Wildman–Crippen LogP) is 2.45. The van der Waals surface area contributed by atoms with Gasteiger partial charge in [-0.25, -0.2) is 13.2 Å². The number of hydrogen-bond donors (Lipinski definition) is 1. The van der Waals surface area contributed by atoms with E-state index < -0.39 is 39.4 Å². The number of fused-ring (bicyclic) bond motifs is 1. The smallest absolute Gasteiger partial charge is 0.330 e. The number of carbonyl (C=O) groups is 3. The van der Waals surface area contributed by atoms with Crippen LogP contribution in [0.5, 0.6) is 0 Å². The van der Waals surface area contributed by atoms with Crippen LogP contribution in [0.4, 0.5) is 5.69 Å². The highest BCUT2D eigenvalue weighted by Crippen LogP contribution is 2.47. The van der Waals surface area contributed by atoms with E-state index in [1.54, 1.807) is 4.90 Å². The van der Waals surface area contributed by atoms with E-state index in [0.717, 1.165) is 19.3 Å². The number of amides is 2. The second kappa shape index (κ2) is 9.44. The summed E-state index contributed by atoms with van der Waals surface area (Å²) in [5.41, 5.74) is 0.120. The molecule has 3 heterocycles. The molecule has 2 atom stereocenters. The molecule has 0 aromatic heterocycles. The maximum atomic E-state index is 12.9. The summed E-state index contributed by atoms with van der Waals surface area (Å²) in [5, 5.41) is 2.68. The molecule has 33 heavy (non-hydrogen) atoms. The van der Waals surface area contributed by atoms with Crippen LogP contribution in [0.2, 0.25) is 5.02 Å². The van der Waals surface area contributed by atoms with Crippen molar-refractivity contribution < 1.29 is 27.5 Å². The number of benzene rings is 1. The average Bonchev–Trinajstić information content (AvgIpc) is 3.29. The van der Waals surface area contributed by atoms with E-state index in [4.69, 9.17) is 16.3 Å². The molecule has 9 nitrogen and oxygen atoms in total. The van der Waals surface area contributed by atoms with Crippen LogP contribution in [0.1, 0.15) is 39.0 Å². The van der Waals surface area contributed by atoms with E-state index in [1.165, 1.54) is 34.3 Å². The number of esters is 1. The third-order valence-corrected chi connectivity index (χ3v) is 9.96. The molecule has 0 aliphatic carbocycles. The van der Waals surface area contributed by atoms with Gasteiger partial charge in [0, 0.05) is 25.3 Å². The van der Waals surface area contributed by atoms with Gasteiger partial charge >= 0.3 is 5.97 Å². The Morgan fingerprint density at radius 2 is 2.00 bits per heavy atom. The first-order valence-electron chi connectivity index (χ1n) is 10.8. The molecule has 0 spiro atoms. The van der Waals surface area contributed by atoms with Crippen LogP contribution in [0.15, 0.2) is 23.1 Å². The predicted molar refractivity (Wildman–Crippen MR) is 124 cm³/mol. The summed E-state index contributed by atoms with van der Waals surface area (Å²) >= 11 is 7.69. The molecule has 3 aliphatic rings. The molecule has 3 aliphatic heterocycles. The minimum Gasteiger partial charge on any atom is -0.454 e. The van der Waals surface area contributed by atoms with Gasteiger partial charge in [0.25, 0.3) is 5.91 Å². The Morgan fingerprint density at radius 3 is 2.73 bits per heavy atom. The highest BCUT2D eigenvalue weighted by atomic mass is 35.5. The quantitative estimate of drug-likeness (QED) is 0.579. The molecule has 0 radical (unpaired) electrons. The van der Waals surface area contributed by atoms with E-state index >= 15 is 0 Å². The first kappa shape index (κ1) is 24.3. The zero-order valence-electron chi connectivity index (χ0n) is 18.2. The fraction of sp³-hybridized carbons (Fsp3) is 0.571. The summed E-state index contributed by atoms with van der Waals surface area (Å²) in [7, 11) is -3.70. The van der Waals surface area contributed by atoms with E-state index in [1.807, 2.05) is 6.92 Å². The van der Waals surface area contributed by atoms with Crippen molar-refractivity contribution in [3.05, 3.63) is 23.2 Å². The Labute approximate surface area is 202 Å². The Bertz CT molecular complexity index is 1080. The van der Waals surface area contributed by atoms with Crippen LogP contribution in [-0.4, -0.2) is 71.8 Å². The van der Waals surface area contributed by atoms with Gasteiger partial charge in [-0.3, -0.25) is 9.59 Å². The Morgan fingerprint density at radius 1 is 1.27 bits per heavy atom. The number of sulfonamides is 1. The van der Waals surface area contributed by atoms with Gasteiger partial charge in [-0.1, -0.05) is 18.0 Å². The number of rotatable bonds is 6. The fourth-order valence-electron chi connectivity index (χ4n) is 4.43. The van der Waals surface area contributed by atoms with Crippen molar-refractivity contribution >= 4 is 56.9 Å². The maximum absolute atomic E-state index is 12.9. The summed E-state index contributed by atoms with van der Waals surface area (Å²) in [6.45, 7) is 2.27. The zero-order valence-corrected chi connectivity index (χ0v) is 20.6. The Balaban J connectivity index is 1.38. The van der Waals surface area contributed by atoms with Gasteiger partial charge < -0.3 is 15.0 Å². The van der Waals surface area contributed by atoms with E-state index in [-0.39, 0.29) is 21.5 Å². The van der Waals surface area contributed by atoms with E-state index in [9.17, 15) is 22.8 Å². The SMILES string of the molecule is C[C@@]12CCC(=O)N1[C@@H](C(=O)OCC(=O)Nc1cc(S(=O)(=O)N3CCCCC3)ccc1Cl)CS2. The van der Waals surface area contributed by atoms with Crippen molar-refractivity contribution in [2.24, 2.45) is 0 Å². The molecular formula is C21H26ClN3O6S2. The number of carbonyl (C=O) groups excluding carboxylic acids is 3. The van der Waals surface area contributed by atoms with E-state index in [0.29, 0.717) is 31.7 Å². The van der Waals surface area contributed by atoms with Crippen LogP contribution >= 0.6 is 23.4 Å². The third kappa shape index (κ3) is 4.87. The lowest BCUT2D eigenvalue weighted by atomic mass is 10.2. The fourth-order valence-corrected chi connectivity index (χ4v) is 7.55. The van der Waals surface area contributed by atoms with Gasteiger partial charge in [0.05, 0.1) is 20.5 Å². The van der Waals surface area contributed by atoms with Gasteiger partial charge in [-0.05, 0) is 44.4 Å². The van der Waals surface area contributed by atoms with Crippen LogP contribution in [0, 0.1) is 0 Å². The molecule has 1 aromatic carbocycles. The Kier molecular flexibility index (Phi) is 6.95. The van der Waals surface area contributed by atoms with Crippen molar-refractivity contribution in [2.75, 3.05) is 30.8 Å². The monoisotopic (exact) mass is 515 g/mol. The highest BCUT2D eigenvalue weighted by Gasteiger charge is 2.53. The van der Waals surface area contributed by atoms with Crippen LogP contribution in [0.25, 0.3) is 0 Å². The average molecular weight is 516 g/mol. The number of nitrogens with zero attached hydrogens (tertiary/aromatic N) is 2. The second-order valence-corrected chi connectivity index (χ2v) is 12.4. The highest BCUT2D eigenvalue weighted by molar-refractivity contribution is 8.01. The number of piperidine rings is 1. The van der Waals surface area contributed by atoms with Gasteiger partial charge in [-0.15, -0.1) is 11.8 Å². The van der Waals surface area contributed by atoms with Crippen molar-refractivity contribution in [2.45, 2.75) is 54.8 Å². The van der Waals surface area contributed by atoms with Gasteiger partial charge in [0.2, 0.25) is 15.9 Å². The summed E-state index contributed by atoms with van der Waals surface area (Å²) in [6.07, 6.45) is 3.68.